The Labute approximate surface area is 167 Å². The molecule has 142 valence electrons. The van der Waals surface area contributed by atoms with Crippen molar-refractivity contribution in [3.8, 4) is 5.75 Å². The van der Waals surface area contributed by atoms with Crippen LogP contribution in [-0.2, 0) is 0 Å². The fourth-order valence-electron chi connectivity index (χ4n) is 2.80. The summed E-state index contributed by atoms with van der Waals surface area (Å²) >= 11 is 0. The fourth-order valence-corrected chi connectivity index (χ4v) is 2.80. The van der Waals surface area contributed by atoms with Crippen molar-refractivity contribution < 1.29 is 4.74 Å². The first kappa shape index (κ1) is 19.4. The van der Waals surface area contributed by atoms with Gasteiger partial charge in [-0.3, -0.25) is 4.99 Å². The molecule has 2 aromatic carbocycles. The summed E-state index contributed by atoms with van der Waals surface area (Å²) in [4.78, 5) is 4.19. The van der Waals surface area contributed by atoms with E-state index in [4.69, 9.17) is 4.74 Å². The number of aryl methyl sites for hydroxylation is 1. The van der Waals surface area contributed by atoms with Gasteiger partial charge in [0.1, 0.15) is 11.5 Å². The molecule has 0 radical (unpaired) electrons. The first-order valence-electron chi connectivity index (χ1n) is 9.46. The van der Waals surface area contributed by atoms with Gasteiger partial charge in [-0.1, -0.05) is 60.7 Å². The monoisotopic (exact) mass is 370 g/mol. The van der Waals surface area contributed by atoms with E-state index in [1.54, 1.807) is 6.20 Å². The lowest BCUT2D eigenvalue weighted by Gasteiger charge is -2.17. The molecule has 1 atom stereocenters. The van der Waals surface area contributed by atoms with Gasteiger partial charge in [-0.25, -0.2) is 0 Å². The van der Waals surface area contributed by atoms with Crippen molar-refractivity contribution in [2.45, 2.75) is 26.3 Å². The number of rotatable bonds is 7. The van der Waals surface area contributed by atoms with Crippen LogP contribution in [0.15, 0.2) is 96.0 Å². The van der Waals surface area contributed by atoms with E-state index in [9.17, 15) is 0 Å². The Bertz CT molecular complexity index is 933. The maximum absolute atomic E-state index is 5.94. The highest BCUT2D eigenvalue weighted by Gasteiger charge is 2.07. The van der Waals surface area contributed by atoms with Gasteiger partial charge < -0.3 is 10.1 Å². The summed E-state index contributed by atoms with van der Waals surface area (Å²) < 4.78 is 5.94. The van der Waals surface area contributed by atoms with Crippen LogP contribution < -0.4 is 10.1 Å². The third-order valence-corrected chi connectivity index (χ3v) is 4.38. The van der Waals surface area contributed by atoms with Crippen LogP contribution in [0.5, 0.6) is 5.75 Å². The number of nitrogens with zero attached hydrogens (tertiary/aromatic N) is 1. The number of nitrogens with one attached hydrogen (secondary N) is 1. The Hall–Kier alpha value is -3.33. The van der Waals surface area contributed by atoms with Crippen molar-refractivity contribution in [3.63, 3.8) is 0 Å². The van der Waals surface area contributed by atoms with Crippen LogP contribution in [0.1, 0.15) is 36.1 Å². The lowest BCUT2D eigenvalue weighted by Crippen LogP contribution is -2.16. The van der Waals surface area contributed by atoms with Gasteiger partial charge >= 0.3 is 0 Å². The molecule has 1 unspecified atom stereocenters. The molecule has 28 heavy (non-hydrogen) atoms. The number of hydrogen-bond donors (Lipinski definition) is 1. The predicted octanol–water partition coefficient (Wildman–Crippen LogP) is 6.12. The molecule has 1 N–H and O–H groups in total. The van der Waals surface area contributed by atoms with Crippen molar-refractivity contribution in [2.24, 2.45) is 4.99 Å². The van der Waals surface area contributed by atoms with Crippen molar-refractivity contribution in [1.82, 2.24) is 5.32 Å². The minimum Gasteiger partial charge on any atom is -0.456 e. The molecule has 3 nitrogen and oxygen atoms in total. The Balaban J connectivity index is 1.61. The van der Waals surface area contributed by atoms with E-state index in [1.807, 2.05) is 42.6 Å². The minimum atomic E-state index is 0.107. The Morgan fingerprint density at radius 3 is 2.86 bits per heavy atom. The van der Waals surface area contributed by atoms with Gasteiger partial charge in [0, 0.05) is 24.4 Å². The van der Waals surface area contributed by atoms with E-state index in [0.29, 0.717) is 0 Å². The minimum absolute atomic E-state index is 0.107. The van der Waals surface area contributed by atoms with Gasteiger partial charge in [0.2, 0.25) is 0 Å². The molecule has 0 aliphatic carbocycles. The highest BCUT2D eigenvalue weighted by molar-refractivity contribution is 5.61. The number of allylic oxidation sites excluding steroid dienone is 3. The molecular weight excluding hydrogens is 344 g/mol. The van der Waals surface area contributed by atoms with Crippen molar-refractivity contribution in [2.75, 3.05) is 0 Å². The third-order valence-electron chi connectivity index (χ3n) is 4.38. The van der Waals surface area contributed by atoms with Crippen LogP contribution >= 0.6 is 0 Å². The fraction of sp³-hybridized carbons (Fsp3) is 0.160. The molecule has 0 amide bonds. The van der Waals surface area contributed by atoms with Gasteiger partial charge in [-0.15, -0.1) is 0 Å². The highest BCUT2D eigenvalue weighted by atomic mass is 16.5. The van der Waals surface area contributed by atoms with Crippen LogP contribution in [0.3, 0.4) is 0 Å². The summed E-state index contributed by atoms with van der Waals surface area (Å²) in [5.74, 6) is 1.52. The largest absolute Gasteiger partial charge is 0.456 e. The average molecular weight is 370 g/mol. The van der Waals surface area contributed by atoms with Crippen LogP contribution in [0.25, 0.3) is 6.08 Å². The summed E-state index contributed by atoms with van der Waals surface area (Å²) in [6, 6.07) is 16.6. The quantitative estimate of drug-likeness (QED) is 0.595. The molecule has 0 aromatic heterocycles. The lowest BCUT2D eigenvalue weighted by molar-refractivity contribution is 0.441. The van der Waals surface area contributed by atoms with E-state index in [2.05, 4.69) is 67.1 Å². The molecule has 1 aliphatic rings. The molecule has 1 heterocycles. The summed E-state index contributed by atoms with van der Waals surface area (Å²) in [6.45, 7) is 8.31. The lowest BCUT2D eigenvalue weighted by atomic mass is 10.1. The highest BCUT2D eigenvalue weighted by Crippen LogP contribution is 2.22. The van der Waals surface area contributed by atoms with E-state index >= 15 is 0 Å². The van der Waals surface area contributed by atoms with E-state index in [0.717, 1.165) is 34.8 Å². The third kappa shape index (κ3) is 5.85. The predicted molar refractivity (Wildman–Crippen MR) is 118 cm³/mol. The molecular formula is C25H26N2O. The zero-order valence-corrected chi connectivity index (χ0v) is 16.4. The molecule has 0 saturated carbocycles. The molecule has 0 fully saturated rings. The SMILES string of the molecule is C=C(/C=C/c1ccc(C)cc1)NC(C)c1cccc(OC2=CN=CCC=C2)c1. The van der Waals surface area contributed by atoms with Crippen LogP contribution in [0, 0.1) is 6.92 Å². The standard InChI is InChI=1S/C25H26N2O/c1-19-10-13-22(14-11-19)15-12-20(2)27-21(3)23-7-6-9-24(17-23)28-25-8-4-5-16-26-18-25/h4,6-18,21,27H,2,5H2,1,3H3/b15-12+. The normalized spacial score (nSPS) is 14.4. The maximum atomic E-state index is 5.94. The van der Waals surface area contributed by atoms with Gasteiger partial charge in [-0.05, 0) is 49.3 Å². The summed E-state index contributed by atoms with van der Waals surface area (Å²) in [7, 11) is 0. The van der Waals surface area contributed by atoms with Crippen LogP contribution in [0.4, 0.5) is 0 Å². The van der Waals surface area contributed by atoms with Crippen LogP contribution in [0.2, 0.25) is 0 Å². The van der Waals surface area contributed by atoms with Gasteiger partial charge in [-0.2, -0.15) is 0 Å². The molecule has 1 aliphatic heterocycles. The molecule has 3 rings (SSSR count). The second-order valence-electron chi connectivity index (χ2n) is 6.81. The van der Waals surface area contributed by atoms with Crippen molar-refractivity contribution in [1.29, 1.82) is 0 Å². The maximum Gasteiger partial charge on any atom is 0.145 e. The Morgan fingerprint density at radius 2 is 2.04 bits per heavy atom. The Kier molecular flexibility index (Phi) is 6.64. The van der Waals surface area contributed by atoms with E-state index in [1.165, 1.54) is 5.56 Å². The molecule has 0 saturated heterocycles. The first-order chi connectivity index (χ1) is 13.6. The Morgan fingerprint density at radius 1 is 1.21 bits per heavy atom. The first-order valence-corrected chi connectivity index (χ1v) is 9.46. The van der Waals surface area contributed by atoms with Crippen LogP contribution in [-0.4, -0.2) is 6.21 Å². The molecule has 2 aromatic rings. The zero-order valence-electron chi connectivity index (χ0n) is 16.4. The van der Waals surface area contributed by atoms with Crippen molar-refractivity contribution in [3.05, 3.63) is 108 Å². The van der Waals surface area contributed by atoms with Gasteiger partial charge in [0.05, 0.1) is 6.20 Å². The number of aliphatic imine (C=N–C) groups is 1. The molecule has 0 spiro atoms. The average Bonchev–Trinajstić information content (AvgIpc) is 2.96. The number of hydrogen-bond acceptors (Lipinski definition) is 3. The van der Waals surface area contributed by atoms with E-state index < -0.39 is 0 Å². The van der Waals surface area contributed by atoms with Gasteiger partial charge in [0.25, 0.3) is 0 Å². The molecule has 3 heteroatoms. The summed E-state index contributed by atoms with van der Waals surface area (Å²) in [5, 5.41) is 3.43. The second-order valence-corrected chi connectivity index (χ2v) is 6.81. The smallest absolute Gasteiger partial charge is 0.145 e. The second kappa shape index (κ2) is 9.56. The zero-order chi connectivity index (χ0) is 19.8. The number of benzene rings is 2. The topological polar surface area (TPSA) is 33.6 Å². The molecule has 0 bridgehead atoms. The summed E-state index contributed by atoms with van der Waals surface area (Å²) in [6.07, 6.45) is 12.4. The number of ether oxygens (including phenoxy) is 1. The van der Waals surface area contributed by atoms with Crippen molar-refractivity contribution >= 4 is 12.3 Å². The van der Waals surface area contributed by atoms with E-state index in [-0.39, 0.29) is 6.04 Å². The summed E-state index contributed by atoms with van der Waals surface area (Å²) in [5.41, 5.74) is 4.41. The van der Waals surface area contributed by atoms with Gasteiger partial charge in [0.15, 0.2) is 0 Å².